The van der Waals surface area contributed by atoms with Crippen LogP contribution < -0.4 is 14.8 Å². The van der Waals surface area contributed by atoms with Gasteiger partial charge in [0.1, 0.15) is 17.2 Å². The SMILES string of the molecule is COc1ccccc1/C=C/Cc1ccc(-c2ccccc2OC)c(C(=O)Nc2ccc(Cl)cc2)c1O. The molecule has 0 atom stereocenters. The second-order valence-corrected chi connectivity index (χ2v) is 8.44. The summed E-state index contributed by atoms with van der Waals surface area (Å²) in [5.41, 5.74) is 3.53. The van der Waals surface area contributed by atoms with Crippen LogP contribution in [0.1, 0.15) is 21.5 Å². The molecule has 1 amide bonds. The van der Waals surface area contributed by atoms with Crippen molar-refractivity contribution in [2.45, 2.75) is 6.42 Å². The van der Waals surface area contributed by atoms with Crippen LogP contribution in [-0.4, -0.2) is 25.2 Å². The zero-order valence-electron chi connectivity index (χ0n) is 20.0. The van der Waals surface area contributed by atoms with E-state index in [1.54, 1.807) is 38.5 Å². The number of allylic oxidation sites excluding steroid dienone is 1. The van der Waals surface area contributed by atoms with Crippen molar-refractivity contribution in [3.8, 4) is 28.4 Å². The molecule has 0 heterocycles. The van der Waals surface area contributed by atoms with Crippen molar-refractivity contribution in [3.63, 3.8) is 0 Å². The number of methoxy groups -OCH3 is 2. The number of phenols is 1. The maximum atomic E-state index is 13.5. The Hall–Kier alpha value is -4.22. The average Bonchev–Trinajstić information content (AvgIpc) is 2.90. The number of hydrogen-bond donors (Lipinski definition) is 2. The Labute approximate surface area is 215 Å². The molecule has 0 bridgehead atoms. The van der Waals surface area contributed by atoms with Crippen LogP contribution in [0, 0.1) is 0 Å². The van der Waals surface area contributed by atoms with E-state index in [1.165, 1.54) is 0 Å². The zero-order valence-corrected chi connectivity index (χ0v) is 20.8. The minimum atomic E-state index is -0.439. The van der Waals surface area contributed by atoms with Crippen molar-refractivity contribution in [1.29, 1.82) is 0 Å². The van der Waals surface area contributed by atoms with E-state index in [9.17, 15) is 9.90 Å². The Morgan fingerprint density at radius 1 is 0.861 bits per heavy atom. The van der Waals surface area contributed by atoms with Gasteiger partial charge in [0, 0.05) is 27.4 Å². The van der Waals surface area contributed by atoms with Crippen molar-refractivity contribution in [3.05, 3.63) is 113 Å². The number of halogens is 1. The van der Waals surface area contributed by atoms with Crippen molar-refractivity contribution >= 4 is 29.3 Å². The van der Waals surface area contributed by atoms with Crippen LogP contribution in [0.25, 0.3) is 17.2 Å². The molecular weight excluding hydrogens is 474 g/mol. The highest BCUT2D eigenvalue weighted by Gasteiger charge is 2.22. The van der Waals surface area contributed by atoms with Crippen LogP contribution in [0.2, 0.25) is 5.02 Å². The highest BCUT2D eigenvalue weighted by molar-refractivity contribution is 6.30. The number of benzene rings is 4. The van der Waals surface area contributed by atoms with Gasteiger partial charge in [0.25, 0.3) is 5.91 Å². The van der Waals surface area contributed by atoms with E-state index < -0.39 is 5.91 Å². The number of para-hydroxylation sites is 2. The van der Waals surface area contributed by atoms with Gasteiger partial charge in [-0.3, -0.25) is 4.79 Å². The molecule has 5 nitrogen and oxygen atoms in total. The summed E-state index contributed by atoms with van der Waals surface area (Å²) in [6.07, 6.45) is 4.27. The van der Waals surface area contributed by atoms with E-state index in [1.807, 2.05) is 72.8 Å². The van der Waals surface area contributed by atoms with Crippen molar-refractivity contribution in [2.75, 3.05) is 19.5 Å². The minimum Gasteiger partial charge on any atom is -0.507 e. The molecule has 0 spiro atoms. The van der Waals surface area contributed by atoms with Gasteiger partial charge in [-0.15, -0.1) is 0 Å². The first-order valence-corrected chi connectivity index (χ1v) is 11.7. The lowest BCUT2D eigenvalue weighted by Gasteiger charge is -2.17. The van der Waals surface area contributed by atoms with E-state index >= 15 is 0 Å². The first-order chi connectivity index (χ1) is 17.5. The molecule has 0 saturated carbocycles. The van der Waals surface area contributed by atoms with Crippen molar-refractivity contribution < 1.29 is 19.4 Å². The van der Waals surface area contributed by atoms with Crippen LogP contribution in [0.4, 0.5) is 5.69 Å². The number of amides is 1. The summed E-state index contributed by atoms with van der Waals surface area (Å²) in [7, 11) is 3.20. The number of carbonyl (C=O) groups is 1. The van der Waals surface area contributed by atoms with Crippen LogP contribution >= 0.6 is 11.6 Å². The van der Waals surface area contributed by atoms with Crippen LogP contribution in [0.5, 0.6) is 17.2 Å². The van der Waals surface area contributed by atoms with Crippen molar-refractivity contribution in [1.82, 2.24) is 0 Å². The molecule has 4 rings (SSSR count). The third-order valence-corrected chi connectivity index (χ3v) is 6.01. The fourth-order valence-electron chi connectivity index (χ4n) is 3.96. The Bertz CT molecular complexity index is 1400. The predicted molar refractivity (Wildman–Crippen MR) is 145 cm³/mol. The van der Waals surface area contributed by atoms with Gasteiger partial charge in [0.05, 0.1) is 19.8 Å². The molecular formula is C30H26ClNO4. The number of aromatic hydroxyl groups is 1. The topological polar surface area (TPSA) is 67.8 Å². The molecule has 4 aromatic rings. The molecule has 36 heavy (non-hydrogen) atoms. The summed E-state index contributed by atoms with van der Waals surface area (Å²) in [4.78, 5) is 13.5. The molecule has 4 aromatic carbocycles. The van der Waals surface area contributed by atoms with Gasteiger partial charge in [0.2, 0.25) is 0 Å². The van der Waals surface area contributed by atoms with Gasteiger partial charge in [-0.1, -0.05) is 72.3 Å². The van der Waals surface area contributed by atoms with E-state index in [4.69, 9.17) is 21.1 Å². The third kappa shape index (κ3) is 5.53. The molecule has 2 N–H and O–H groups in total. The van der Waals surface area contributed by atoms with Crippen LogP contribution in [0.3, 0.4) is 0 Å². The number of anilines is 1. The minimum absolute atomic E-state index is 0.0884. The number of rotatable bonds is 8. The summed E-state index contributed by atoms with van der Waals surface area (Å²) >= 11 is 5.98. The first kappa shape index (κ1) is 24.9. The molecule has 6 heteroatoms. The van der Waals surface area contributed by atoms with E-state index in [2.05, 4.69) is 5.32 Å². The second kappa shape index (κ2) is 11.5. The van der Waals surface area contributed by atoms with Crippen LogP contribution in [0.15, 0.2) is 91.0 Å². The molecule has 0 radical (unpaired) electrons. The van der Waals surface area contributed by atoms with Gasteiger partial charge in [-0.05, 0) is 48.4 Å². The maximum Gasteiger partial charge on any atom is 0.260 e. The molecule has 0 fully saturated rings. The van der Waals surface area contributed by atoms with Crippen LogP contribution in [-0.2, 0) is 6.42 Å². The smallest absolute Gasteiger partial charge is 0.260 e. The third-order valence-electron chi connectivity index (χ3n) is 5.76. The Morgan fingerprint density at radius 2 is 1.53 bits per heavy atom. The molecule has 0 saturated heterocycles. The number of ether oxygens (including phenoxy) is 2. The van der Waals surface area contributed by atoms with Gasteiger partial charge < -0.3 is 19.9 Å². The predicted octanol–water partition coefficient (Wildman–Crippen LogP) is 7.24. The summed E-state index contributed by atoms with van der Waals surface area (Å²) in [6, 6.07) is 25.5. The summed E-state index contributed by atoms with van der Waals surface area (Å²) in [5.74, 6) is 0.828. The summed E-state index contributed by atoms with van der Waals surface area (Å²) < 4.78 is 10.9. The maximum absolute atomic E-state index is 13.5. The van der Waals surface area contributed by atoms with E-state index in [0.29, 0.717) is 39.6 Å². The van der Waals surface area contributed by atoms with Gasteiger partial charge in [0.15, 0.2) is 0 Å². The Morgan fingerprint density at radius 3 is 2.25 bits per heavy atom. The lowest BCUT2D eigenvalue weighted by molar-refractivity contribution is 0.102. The molecule has 0 unspecified atom stereocenters. The lowest BCUT2D eigenvalue weighted by Crippen LogP contribution is -2.14. The first-order valence-electron chi connectivity index (χ1n) is 11.4. The quantitative estimate of drug-likeness (QED) is 0.268. The van der Waals surface area contributed by atoms with Gasteiger partial charge >= 0.3 is 0 Å². The fraction of sp³-hybridized carbons (Fsp3) is 0.100. The largest absolute Gasteiger partial charge is 0.507 e. The molecule has 0 aliphatic rings. The molecule has 0 aliphatic carbocycles. The highest BCUT2D eigenvalue weighted by atomic mass is 35.5. The highest BCUT2D eigenvalue weighted by Crippen LogP contribution is 2.38. The normalized spacial score (nSPS) is 10.9. The number of carbonyl (C=O) groups excluding carboxylic acids is 1. The van der Waals surface area contributed by atoms with E-state index in [0.717, 1.165) is 11.3 Å². The van der Waals surface area contributed by atoms with E-state index in [-0.39, 0.29) is 11.3 Å². The second-order valence-electron chi connectivity index (χ2n) is 8.01. The average molecular weight is 500 g/mol. The fourth-order valence-corrected chi connectivity index (χ4v) is 4.09. The number of nitrogens with one attached hydrogen (secondary N) is 1. The van der Waals surface area contributed by atoms with Gasteiger partial charge in [-0.25, -0.2) is 0 Å². The molecule has 0 aliphatic heterocycles. The monoisotopic (exact) mass is 499 g/mol. The van der Waals surface area contributed by atoms with Crippen molar-refractivity contribution in [2.24, 2.45) is 0 Å². The zero-order chi connectivity index (χ0) is 25.5. The number of phenolic OH excluding ortho intramolecular Hbond substituents is 1. The number of hydrogen-bond acceptors (Lipinski definition) is 4. The Kier molecular flexibility index (Phi) is 7.93. The Balaban J connectivity index is 1.73. The standard InChI is InChI=1S/C30H26ClNO4/c1-35-26-12-5-3-8-20(26)9-7-10-21-14-19-25(24-11-4-6-13-27(24)36-2)28(29(21)33)30(34)32-23-17-15-22(31)16-18-23/h3-9,11-19,33H,10H2,1-2H3,(H,32,34)/b9-7+. The summed E-state index contributed by atoms with van der Waals surface area (Å²) in [5, 5.41) is 14.7. The molecule has 0 aromatic heterocycles. The lowest BCUT2D eigenvalue weighted by atomic mass is 9.93. The summed E-state index contributed by atoms with van der Waals surface area (Å²) in [6.45, 7) is 0. The van der Waals surface area contributed by atoms with Gasteiger partial charge in [-0.2, -0.15) is 0 Å². The molecule has 182 valence electrons.